The Morgan fingerprint density at radius 1 is 1.29 bits per heavy atom. The number of hydrogen-bond donors (Lipinski definition) is 2. The van der Waals surface area contributed by atoms with Crippen molar-refractivity contribution >= 4 is 27.8 Å². The first-order valence-electron chi connectivity index (χ1n) is 0.698. The standard InChI is InChI=1S/Al.H2O4S.Rb.4H/c;1-5(2,3)4;;;;;/h;(H2,1,2,3,4);;;;;/q;;+1;;;;-1. The van der Waals surface area contributed by atoms with Gasteiger partial charge >= 0.3 is 68.6 Å². The summed E-state index contributed by atoms with van der Waals surface area (Å²) in [5, 5.41) is 0. The molecule has 0 aromatic carbocycles. The van der Waals surface area contributed by atoms with E-state index in [9.17, 15) is 0 Å². The van der Waals surface area contributed by atoms with Crippen molar-refractivity contribution in [3.8, 4) is 0 Å². The molecule has 0 unspecified atom stereocenters. The maximum absolute atomic E-state index is 8.74. The Morgan fingerprint density at radius 2 is 1.29 bits per heavy atom. The van der Waals surface area contributed by atoms with Gasteiger partial charge in [-0.1, -0.05) is 0 Å². The normalized spacial score (nSPS) is 8.29. The number of rotatable bonds is 0. The first-order chi connectivity index (χ1) is 2.00. The maximum atomic E-state index is 8.74. The largest absolute Gasteiger partial charge is 1.00 e. The van der Waals surface area contributed by atoms with Gasteiger partial charge in [0, 0.05) is 0 Å². The van der Waals surface area contributed by atoms with E-state index in [4.69, 9.17) is 17.5 Å². The van der Waals surface area contributed by atoms with Crippen LogP contribution in [0.4, 0.5) is 0 Å². The van der Waals surface area contributed by atoms with Crippen LogP contribution in [0.2, 0.25) is 0 Å². The molecule has 0 aromatic heterocycles. The Bertz CT molecular complexity index is 99.2. The van der Waals surface area contributed by atoms with Crippen LogP contribution in [0.25, 0.3) is 0 Å². The van der Waals surface area contributed by atoms with Crippen molar-refractivity contribution in [2.75, 3.05) is 0 Å². The smallest absolute Gasteiger partial charge is 1.00 e. The molecule has 0 saturated heterocycles. The molecule has 0 atom stereocenters. The van der Waals surface area contributed by atoms with Gasteiger partial charge in [-0.2, -0.15) is 8.42 Å². The minimum Gasteiger partial charge on any atom is -1.00 e. The Labute approximate surface area is 103 Å². The van der Waals surface area contributed by atoms with E-state index in [-0.39, 0.29) is 77.0 Å². The van der Waals surface area contributed by atoms with Crippen LogP contribution in [-0.2, 0) is 10.4 Å². The van der Waals surface area contributed by atoms with Gasteiger partial charge < -0.3 is 1.43 Å². The monoisotopic (exact) mass is 214 g/mol. The average molecular weight is 215 g/mol. The minimum atomic E-state index is -4.67. The molecule has 4 nitrogen and oxygen atoms in total. The molecular formula is H6AlO4RbS. The second kappa shape index (κ2) is 6.33. The van der Waals surface area contributed by atoms with Crippen LogP contribution in [0.15, 0.2) is 0 Å². The van der Waals surface area contributed by atoms with Crippen LogP contribution in [-0.4, -0.2) is 34.9 Å². The third-order valence-corrected chi connectivity index (χ3v) is 0. The molecule has 40 valence electrons. The van der Waals surface area contributed by atoms with E-state index in [2.05, 4.69) is 0 Å². The van der Waals surface area contributed by atoms with Gasteiger partial charge in [-0.25, -0.2) is 0 Å². The third kappa shape index (κ3) is 64.9. The summed E-state index contributed by atoms with van der Waals surface area (Å²) >= 11 is 0. The molecule has 0 radical (unpaired) electrons. The first-order valence-corrected chi connectivity index (χ1v) is 2.10. The van der Waals surface area contributed by atoms with Crippen LogP contribution >= 0.6 is 0 Å². The fourth-order valence-electron chi connectivity index (χ4n) is 0. The van der Waals surface area contributed by atoms with Crippen molar-refractivity contribution in [1.82, 2.24) is 0 Å². The zero-order chi connectivity index (χ0) is 4.50. The van der Waals surface area contributed by atoms with Crippen molar-refractivity contribution < 1.29 is 77.1 Å². The van der Waals surface area contributed by atoms with Gasteiger partial charge in [0.05, 0.1) is 0 Å². The summed E-state index contributed by atoms with van der Waals surface area (Å²) in [5.74, 6) is 0. The van der Waals surface area contributed by atoms with Crippen LogP contribution in [0.5, 0.6) is 0 Å². The Balaban J connectivity index is -0.0000000267. The van der Waals surface area contributed by atoms with Crippen molar-refractivity contribution in [3.05, 3.63) is 0 Å². The van der Waals surface area contributed by atoms with Gasteiger partial charge in [0.15, 0.2) is 17.4 Å². The summed E-state index contributed by atoms with van der Waals surface area (Å²) in [5.41, 5.74) is 0. The Hall–Kier alpha value is 2.21. The van der Waals surface area contributed by atoms with Crippen molar-refractivity contribution in [1.29, 1.82) is 0 Å². The predicted octanol–water partition coefficient (Wildman–Crippen LogP) is -4.72. The van der Waals surface area contributed by atoms with Crippen molar-refractivity contribution in [3.63, 3.8) is 0 Å². The van der Waals surface area contributed by atoms with E-state index >= 15 is 0 Å². The molecule has 0 spiro atoms. The van der Waals surface area contributed by atoms with Crippen LogP contribution in [0.1, 0.15) is 1.43 Å². The van der Waals surface area contributed by atoms with E-state index in [1.54, 1.807) is 0 Å². The topological polar surface area (TPSA) is 74.6 Å². The third-order valence-electron chi connectivity index (χ3n) is 0. The fraction of sp³-hybridized carbons (Fsp3) is 0. The van der Waals surface area contributed by atoms with Gasteiger partial charge in [0.1, 0.15) is 0 Å². The average Bonchev–Trinajstić information content (AvgIpc) is 0.722. The predicted molar refractivity (Wildman–Crippen MR) is 25.2 cm³/mol. The van der Waals surface area contributed by atoms with Crippen LogP contribution in [0, 0.1) is 0 Å². The van der Waals surface area contributed by atoms with Gasteiger partial charge in [-0.05, 0) is 0 Å². The molecule has 7 heteroatoms. The van der Waals surface area contributed by atoms with E-state index in [0.29, 0.717) is 0 Å². The van der Waals surface area contributed by atoms with E-state index < -0.39 is 10.4 Å². The fourth-order valence-corrected chi connectivity index (χ4v) is 0. The molecule has 0 aliphatic heterocycles. The summed E-state index contributed by atoms with van der Waals surface area (Å²) in [6.07, 6.45) is 0. The molecule has 7 heavy (non-hydrogen) atoms. The molecule has 0 aliphatic rings. The SMILES string of the molecule is O=S(=O)(O)O.[AlH3].[H-].[Rb+]. The molecule has 0 saturated carbocycles. The van der Waals surface area contributed by atoms with Gasteiger partial charge in [0.2, 0.25) is 0 Å². The van der Waals surface area contributed by atoms with Gasteiger partial charge in [0.25, 0.3) is 0 Å². The minimum absolute atomic E-state index is 0. The number of hydrogen-bond acceptors (Lipinski definition) is 2. The molecule has 2 N–H and O–H groups in total. The van der Waals surface area contributed by atoms with E-state index in [0.717, 1.165) is 0 Å². The Kier molecular flexibility index (Phi) is 14.6. The van der Waals surface area contributed by atoms with Gasteiger partial charge in [-0.3, -0.25) is 9.11 Å². The zero-order valence-corrected chi connectivity index (χ0v) is 8.85. The summed E-state index contributed by atoms with van der Waals surface area (Å²) < 4.78 is 31.6. The van der Waals surface area contributed by atoms with Crippen LogP contribution in [0.3, 0.4) is 0 Å². The molecule has 0 fully saturated rings. The van der Waals surface area contributed by atoms with E-state index in [1.807, 2.05) is 0 Å². The summed E-state index contributed by atoms with van der Waals surface area (Å²) in [6, 6.07) is 0. The van der Waals surface area contributed by atoms with Gasteiger partial charge in [-0.15, -0.1) is 0 Å². The van der Waals surface area contributed by atoms with E-state index in [1.165, 1.54) is 0 Å². The van der Waals surface area contributed by atoms with Crippen LogP contribution < -0.4 is 58.2 Å². The molecule has 0 aromatic rings. The zero-order valence-electron chi connectivity index (χ0n) is 4.12. The maximum Gasteiger partial charge on any atom is 1.00 e. The molecule has 0 heterocycles. The molecule has 0 rings (SSSR count). The summed E-state index contributed by atoms with van der Waals surface area (Å²) in [7, 11) is -4.67. The van der Waals surface area contributed by atoms with Crippen molar-refractivity contribution in [2.24, 2.45) is 0 Å². The quantitative estimate of drug-likeness (QED) is 0.314. The Morgan fingerprint density at radius 3 is 1.29 bits per heavy atom. The second-order valence-corrected chi connectivity index (χ2v) is 1.34. The molecular weight excluding hydrogens is 209 g/mol. The molecule has 0 bridgehead atoms. The molecule has 0 aliphatic carbocycles. The first kappa shape index (κ1) is 16.1. The summed E-state index contributed by atoms with van der Waals surface area (Å²) in [6.45, 7) is 0. The molecule has 0 amide bonds. The van der Waals surface area contributed by atoms with Crippen molar-refractivity contribution in [2.45, 2.75) is 0 Å². The second-order valence-electron chi connectivity index (χ2n) is 0.448. The summed E-state index contributed by atoms with van der Waals surface area (Å²) in [4.78, 5) is 0.